The smallest absolute Gasteiger partial charge is 0.248 e. The Bertz CT molecular complexity index is 336. The predicted octanol–water partition coefficient (Wildman–Crippen LogP) is 2.24. The molecule has 0 unspecified atom stereocenters. The first-order valence-corrected chi connectivity index (χ1v) is 5.02. The lowest BCUT2D eigenvalue weighted by Crippen LogP contribution is -2.19. The quantitative estimate of drug-likeness (QED) is 0.797. The first-order chi connectivity index (χ1) is 6.88. The molecule has 3 N–H and O–H groups in total. The maximum atomic E-state index is 10.8. The number of nitrogens with one attached hydrogen (secondary N) is 1. The fourth-order valence-corrected chi connectivity index (χ4v) is 1.12. The van der Waals surface area contributed by atoms with Gasteiger partial charge in [0.2, 0.25) is 5.91 Å². The van der Waals surface area contributed by atoms with Crippen molar-refractivity contribution in [2.45, 2.75) is 20.8 Å². The van der Waals surface area contributed by atoms with Crippen LogP contribution >= 0.6 is 0 Å². The second-order valence-electron chi connectivity index (χ2n) is 4.86. The molecule has 0 bridgehead atoms. The number of rotatable bonds is 3. The third-order valence-corrected chi connectivity index (χ3v) is 1.99. The number of hydrogen-bond donors (Lipinski definition) is 2. The normalized spacial score (nSPS) is 11.1. The maximum Gasteiger partial charge on any atom is 0.248 e. The molecule has 0 fully saturated rings. The highest BCUT2D eigenvalue weighted by atomic mass is 16.1. The fraction of sp³-hybridized carbons (Fsp3) is 0.417. The molecule has 1 aromatic carbocycles. The predicted molar refractivity (Wildman–Crippen MR) is 62.9 cm³/mol. The van der Waals surface area contributed by atoms with Crippen LogP contribution < -0.4 is 11.1 Å². The Morgan fingerprint density at radius 1 is 1.27 bits per heavy atom. The van der Waals surface area contributed by atoms with E-state index in [4.69, 9.17) is 5.73 Å². The molecule has 1 aromatic rings. The molecule has 82 valence electrons. The van der Waals surface area contributed by atoms with Gasteiger partial charge in [-0.2, -0.15) is 0 Å². The highest BCUT2D eigenvalue weighted by Gasteiger charge is 2.09. The minimum absolute atomic E-state index is 0.238. The summed E-state index contributed by atoms with van der Waals surface area (Å²) in [4.78, 5) is 10.8. The molecule has 0 saturated carbocycles. The van der Waals surface area contributed by atoms with E-state index in [1.807, 2.05) is 12.1 Å². The van der Waals surface area contributed by atoms with Crippen LogP contribution in [0.1, 0.15) is 31.1 Å². The van der Waals surface area contributed by atoms with Gasteiger partial charge in [-0.05, 0) is 29.7 Å². The molecule has 0 aliphatic rings. The summed E-state index contributed by atoms with van der Waals surface area (Å²) in [5.41, 5.74) is 6.93. The minimum Gasteiger partial charge on any atom is -0.385 e. The molecule has 3 nitrogen and oxygen atoms in total. The van der Waals surface area contributed by atoms with Crippen molar-refractivity contribution < 1.29 is 4.79 Å². The van der Waals surface area contributed by atoms with Crippen molar-refractivity contribution in [3.8, 4) is 0 Å². The van der Waals surface area contributed by atoms with Gasteiger partial charge in [0.05, 0.1) is 0 Å². The maximum absolute atomic E-state index is 10.8. The van der Waals surface area contributed by atoms with Gasteiger partial charge < -0.3 is 11.1 Å². The average Bonchev–Trinajstić information content (AvgIpc) is 2.14. The van der Waals surface area contributed by atoms with Crippen LogP contribution in [0.2, 0.25) is 0 Å². The number of amides is 1. The van der Waals surface area contributed by atoms with Gasteiger partial charge >= 0.3 is 0 Å². The van der Waals surface area contributed by atoms with E-state index in [1.54, 1.807) is 12.1 Å². The lowest BCUT2D eigenvalue weighted by atomic mass is 9.97. The Labute approximate surface area is 90.7 Å². The van der Waals surface area contributed by atoms with Crippen molar-refractivity contribution in [3.05, 3.63) is 29.8 Å². The summed E-state index contributed by atoms with van der Waals surface area (Å²) in [5.74, 6) is -0.391. The van der Waals surface area contributed by atoms with Crippen LogP contribution in [0.15, 0.2) is 24.3 Å². The summed E-state index contributed by atoms with van der Waals surface area (Å²) in [5, 5.41) is 3.30. The van der Waals surface area contributed by atoms with E-state index >= 15 is 0 Å². The van der Waals surface area contributed by atoms with E-state index in [9.17, 15) is 4.79 Å². The van der Waals surface area contributed by atoms with E-state index in [0.717, 1.165) is 12.2 Å². The highest BCUT2D eigenvalue weighted by Crippen LogP contribution is 2.15. The van der Waals surface area contributed by atoms with Crippen molar-refractivity contribution in [3.63, 3.8) is 0 Å². The molecule has 0 aromatic heterocycles. The third kappa shape index (κ3) is 4.02. The minimum atomic E-state index is -0.391. The number of primary amides is 1. The Kier molecular flexibility index (Phi) is 3.35. The van der Waals surface area contributed by atoms with Crippen LogP contribution in [-0.2, 0) is 0 Å². The van der Waals surface area contributed by atoms with E-state index in [-0.39, 0.29) is 5.41 Å². The molecule has 0 aliphatic heterocycles. The third-order valence-electron chi connectivity index (χ3n) is 1.99. The molecule has 15 heavy (non-hydrogen) atoms. The number of hydrogen-bond acceptors (Lipinski definition) is 2. The van der Waals surface area contributed by atoms with Gasteiger partial charge in [0, 0.05) is 17.8 Å². The molecule has 0 atom stereocenters. The summed E-state index contributed by atoms with van der Waals surface area (Å²) >= 11 is 0. The van der Waals surface area contributed by atoms with Gasteiger partial charge in [-0.25, -0.2) is 0 Å². The molecule has 0 heterocycles. The SMILES string of the molecule is CC(C)(C)CNc1ccc(C(N)=O)cc1. The summed E-state index contributed by atoms with van der Waals surface area (Å²) in [6.07, 6.45) is 0. The zero-order valence-corrected chi connectivity index (χ0v) is 9.50. The molecule has 0 aliphatic carbocycles. The van der Waals surface area contributed by atoms with E-state index < -0.39 is 5.91 Å². The summed E-state index contributed by atoms with van der Waals surface area (Å²) in [6.45, 7) is 7.39. The average molecular weight is 206 g/mol. The van der Waals surface area contributed by atoms with Crippen molar-refractivity contribution >= 4 is 11.6 Å². The Balaban J connectivity index is 2.61. The Morgan fingerprint density at radius 3 is 2.20 bits per heavy atom. The molecule has 0 saturated heterocycles. The standard InChI is InChI=1S/C12H18N2O/c1-12(2,3)8-14-10-6-4-9(5-7-10)11(13)15/h4-7,14H,8H2,1-3H3,(H2,13,15). The van der Waals surface area contributed by atoms with Gasteiger partial charge in [0.1, 0.15) is 0 Å². The number of carbonyl (C=O) groups excluding carboxylic acids is 1. The zero-order chi connectivity index (χ0) is 11.5. The molecule has 0 spiro atoms. The highest BCUT2D eigenvalue weighted by molar-refractivity contribution is 5.93. The van der Waals surface area contributed by atoms with Crippen molar-refractivity contribution in [1.82, 2.24) is 0 Å². The van der Waals surface area contributed by atoms with Gasteiger partial charge in [0.25, 0.3) is 0 Å². The lowest BCUT2D eigenvalue weighted by molar-refractivity contribution is 0.100. The van der Waals surface area contributed by atoms with Crippen LogP contribution in [0.5, 0.6) is 0 Å². The number of carbonyl (C=O) groups is 1. The molecule has 1 amide bonds. The first-order valence-electron chi connectivity index (χ1n) is 5.02. The van der Waals surface area contributed by atoms with Crippen LogP contribution in [0, 0.1) is 5.41 Å². The molecule has 1 rings (SSSR count). The molecular weight excluding hydrogens is 188 g/mol. The van der Waals surface area contributed by atoms with Crippen molar-refractivity contribution in [2.75, 3.05) is 11.9 Å². The van der Waals surface area contributed by atoms with E-state index in [2.05, 4.69) is 26.1 Å². The summed E-state index contributed by atoms with van der Waals surface area (Å²) in [6, 6.07) is 7.19. The van der Waals surface area contributed by atoms with Gasteiger partial charge in [-0.1, -0.05) is 20.8 Å². The largest absolute Gasteiger partial charge is 0.385 e. The monoisotopic (exact) mass is 206 g/mol. The topological polar surface area (TPSA) is 55.1 Å². The van der Waals surface area contributed by atoms with Gasteiger partial charge in [-0.15, -0.1) is 0 Å². The lowest BCUT2D eigenvalue weighted by Gasteiger charge is -2.19. The molecule has 0 radical (unpaired) electrons. The number of anilines is 1. The Hall–Kier alpha value is -1.51. The van der Waals surface area contributed by atoms with Crippen molar-refractivity contribution in [1.29, 1.82) is 0 Å². The summed E-state index contributed by atoms with van der Waals surface area (Å²) in [7, 11) is 0. The second-order valence-corrected chi connectivity index (χ2v) is 4.86. The van der Waals surface area contributed by atoms with E-state index in [1.165, 1.54) is 0 Å². The number of benzene rings is 1. The number of nitrogens with two attached hydrogens (primary N) is 1. The first kappa shape index (κ1) is 11.6. The second kappa shape index (κ2) is 4.34. The zero-order valence-electron chi connectivity index (χ0n) is 9.50. The Morgan fingerprint density at radius 2 is 1.80 bits per heavy atom. The van der Waals surface area contributed by atoms with Crippen LogP contribution in [0.25, 0.3) is 0 Å². The van der Waals surface area contributed by atoms with Gasteiger partial charge in [-0.3, -0.25) is 4.79 Å². The van der Waals surface area contributed by atoms with Crippen molar-refractivity contribution in [2.24, 2.45) is 11.1 Å². The van der Waals surface area contributed by atoms with Crippen LogP contribution in [-0.4, -0.2) is 12.5 Å². The fourth-order valence-electron chi connectivity index (χ4n) is 1.12. The van der Waals surface area contributed by atoms with Crippen LogP contribution in [0.4, 0.5) is 5.69 Å². The van der Waals surface area contributed by atoms with Gasteiger partial charge in [0.15, 0.2) is 0 Å². The van der Waals surface area contributed by atoms with Crippen LogP contribution in [0.3, 0.4) is 0 Å². The summed E-state index contributed by atoms with van der Waals surface area (Å²) < 4.78 is 0. The molecule has 3 heteroatoms. The molecular formula is C12H18N2O. The van der Waals surface area contributed by atoms with E-state index in [0.29, 0.717) is 5.56 Å².